The van der Waals surface area contributed by atoms with Gasteiger partial charge in [-0.2, -0.15) is 0 Å². The minimum Gasteiger partial charge on any atom is -0.479 e. The summed E-state index contributed by atoms with van der Waals surface area (Å²) in [6, 6.07) is 0. The largest absolute Gasteiger partial charge is 0.479 e. The van der Waals surface area contributed by atoms with E-state index in [4.69, 9.17) is 5.11 Å². The Kier molecular flexibility index (Phi) is 4.49. The Hall–Kier alpha value is -2.29. The van der Waals surface area contributed by atoms with E-state index in [1.165, 1.54) is 16.2 Å². The van der Waals surface area contributed by atoms with Crippen LogP contribution in [-0.4, -0.2) is 50.7 Å². The number of rotatable bonds is 3. The number of hydrogen-bond donors (Lipinski definition) is 1. The summed E-state index contributed by atoms with van der Waals surface area (Å²) < 4.78 is 15.3. The highest BCUT2D eigenvalue weighted by Gasteiger charge is 2.41. The third-order valence-electron chi connectivity index (χ3n) is 5.45. The number of alkyl halides is 1. The average molecular weight is 393 g/mol. The molecule has 2 aliphatic rings. The van der Waals surface area contributed by atoms with Gasteiger partial charge >= 0.3 is 5.97 Å². The number of thiophene rings is 1. The second-order valence-corrected chi connectivity index (χ2v) is 8.24. The maximum Gasteiger partial charge on any atom is 0.338 e. The second-order valence-electron chi connectivity index (χ2n) is 7.24. The van der Waals surface area contributed by atoms with Crippen molar-refractivity contribution in [2.24, 2.45) is 5.92 Å². The number of aliphatic carboxylic acids is 1. The molecule has 144 valence electrons. The first-order valence-electron chi connectivity index (χ1n) is 9.07. The van der Waals surface area contributed by atoms with Crippen LogP contribution in [0.1, 0.15) is 40.3 Å². The fraction of sp³-hybridized carbons (Fsp3) is 0.556. The predicted molar refractivity (Wildman–Crippen MR) is 98.1 cm³/mol. The van der Waals surface area contributed by atoms with Crippen LogP contribution in [0.5, 0.6) is 0 Å². The van der Waals surface area contributed by atoms with Gasteiger partial charge in [-0.1, -0.05) is 6.42 Å². The van der Waals surface area contributed by atoms with Crippen LogP contribution in [0.4, 0.5) is 4.39 Å². The van der Waals surface area contributed by atoms with E-state index < -0.39 is 18.1 Å². The van der Waals surface area contributed by atoms with Crippen LogP contribution in [0.15, 0.2) is 4.79 Å². The Balaban J connectivity index is 1.65. The van der Waals surface area contributed by atoms with Crippen molar-refractivity contribution in [2.45, 2.75) is 45.3 Å². The monoisotopic (exact) mass is 393 g/mol. The molecule has 4 heterocycles. The topological polar surface area (TPSA) is 92.5 Å². The number of nitrogens with zero attached hydrogens (tertiary/aromatic N) is 3. The molecule has 27 heavy (non-hydrogen) atoms. The summed E-state index contributed by atoms with van der Waals surface area (Å²) in [6.07, 6.45) is 1.81. The van der Waals surface area contributed by atoms with E-state index in [2.05, 4.69) is 4.98 Å². The molecule has 0 bridgehead atoms. The normalized spacial score (nSPS) is 18.7. The van der Waals surface area contributed by atoms with Gasteiger partial charge in [0.15, 0.2) is 0 Å². The van der Waals surface area contributed by atoms with Crippen molar-refractivity contribution < 1.29 is 19.1 Å². The summed E-state index contributed by atoms with van der Waals surface area (Å²) in [5, 5.41) is 9.22. The zero-order valence-corrected chi connectivity index (χ0v) is 15.7. The molecule has 7 nitrogen and oxygen atoms in total. The van der Waals surface area contributed by atoms with Crippen LogP contribution in [0.3, 0.4) is 0 Å². The van der Waals surface area contributed by atoms with Crippen molar-refractivity contribution in [1.29, 1.82) is 0 Å². The molecule has 1 amide bonds. The Morgan fingerprint density at radius 3 is 2.74 bits per heavy atom. The fourth-order valence-electron chi connectivity index (χ4n) is 3.82. The number of amides is 1. The molecule has 4 rings (SSSR count). The molecular formula is C18H20FN3O4S. The molecule has 0 saturated carbocycles. The predicted octanol–water partition coefficient (Wildman–Crippen LogP) is 1.99. The van der Waals surface area contributed by atoms with Crippen LogP contribution >= 0.6 is 11.3 Å². The summed E-state index contributed by atoms with van der Waals surface area (Å²) in [5.74, 6) is -1.69. The molecule has 0 radical (unpaired) electrons. The SMILES string of the molecule is Cc1c(C(=O)N2CC(C(F)C(=O)O)C2)sc2nc3n(c(=O)c12)CCCCC3. The maximum atomic E-state index is 13.5. The molecular weight excluding hydrogens is 373 g/mol. The lowest BCUT2D eigenvalue weighted by atomic mass is 9.94. The number of likely N-dealkylation sites (tertiary alicyclic amines) is 1. The van der Waals surface area contributed by atoms with E-state index in [9.17, 15) is 18.8 Å². The van der Waals surface area contributed by atoms with Gasteiger partial charge in [0.2, 0.25) is 6.17 Å². The van der Waals surface area contributed by atoms with E-state index >= 15 is 0 Å². The van der Waals surface area contributed by atoms with Gasteiger partial charge in [0, 0.05) is 32.0 Å². The fourth-order valence-corrected chi connectivity index (χ4v) is 4.98. The molecule has 9 heteroatoms. The minimum atomic E-state index is -1.96. The van der Waals surface area contributed by atoms with E-state index in [1.807, 2.05) is 0 Å². The number of hydrogen-bond acceptors (Lipinski definition) is 5. The Morgan fingerprint density at radius 2 is 2.04 bits per heavy atom. The first kappa shape index (κ1) is 18.1. The highest BCUT2D eigenvalue weighted by Crippen LogP contribution is 2.32. The average Bonchev–Trinajstić information content (AvgIpc) is 2.76. The van der Waals surface area contributed by atoms with Crippen LogP contribution in [-0.2, 0) is 17.8 Å². The summed E-state index contributed by atoms with van der Waals surface area (Å²) in [5.41, 5.74) is 0.511. The van der Waals surface area contributed by atoms with Gasteiger partial charge in [-0.3, -0.25) is 14.2 Å². The molecule has 1 unspecified atom stereocenters. The lowest BCUT2D eigenvalue weighted by Gasteiger charge is -2.39. The summed E-state index contributed by atoms with van der Waals surface area (Å²) >= 11 is 1.19. The highest BCUT2D eigenvalue weighted by molar-refractivity contribution is 7.20. The van der Waals surface area contributed by atoms with Gasteiger partial charge in [-0.05, 0) is 25.3 Å². The van der Waals surface area contributed by atoms with Crippen LogP contribution in [0.25, 0.3) is 10.2 Å². The van der Waals surface area contributed by atoms with Gasteiger partial charge in [-0.25, -0.2) is 14.2 Å². The van der Waals surface area contributed by atoms with Gasteiger partial charge in [0.25, 0.3) is 11.5 Å². The Labute approximate surface area is 158 Å². The van der Waals surface area contributed by atoms with E-state index in [0.29, 0.717) is 27.2 Å². The molecule has 2 aliphatic heterocycles. The lowest BCUT2D eigenvalue weighted by molar-refractivity contribution is -0.147. The van der Waals surface area contributed by atoms with Gasteiger partial charge in [-0.15, -0.1) is 11.3 Å². The Bertz CT molecular complexity index is 993. The van der Waals surface area contributed by atoms with Gasteiger partial charge in [0.1, 0.15) is 10.7 Å². The summed E-state index contributed by atoms with van der Waals surface area (Å²) in [4.78, 5) is 43.5. The lowest BCUT2D eigenvalue weighted by Crippen LogP contribution is -2.54. The smallest absolute Gasteiger partial charge is 0.338 e. The maximum absolute atomic E-state index is 13.5. The number of aromatic nitrogens is 2. The third-order valence-corrected chi connectivity index (χ3v) is 6.63. The molecule has 2 aromatic rings. The van der Waals surface area contributed by atoms with Gasteiger partial charge < -0.3 is 10.0 Å². The molecule has 1 fully saturated rings. The number of carboxylic acids is 1. The number of carboxylic acid groups (broad SMARTS) is 1. The molecule has 0 spiro atoms. The van der Waals surface area contributed by atoms with Crippen LogP contribution in [0.2, 0.25) is 0 Å². The van der Waals surface area contributed by atoms with Gasteiger partial charge in [0.05, 0.1) is 10.3 Å². The molecule has 1 N–H and O–H groups in total. The number of carbonyl (C=O) groups excluding carboxylic acids is 1. The number of fused-ring (bicyclic) bond motifs is 2. The first-order valence-corrected chi connectivity index (χ1v) is 9.89. The quantitative estimate of drug-likeness (QED) is 0.861. The molecule has 2 aromatic heterocycles. The van der Waals surface area contributed by atoms with Crippen molar-refractivity contribution in [3.05, 3.63) is 26.6 Å². The summed E-state index contributed by atoms with van der Waals surface area (Å²) in [7, 11) is 0. The number of carbonyl (C=O) groups is 2. The second kappa shape index (κ2) is 6.70. The number of aryl methyl sites for hydroxylation is 2. The molecule has 0 aliphatic carbocycles. The highest BCUT2D eigenvalue weighted by atomic mass is 32.1. The van der Waals surface area contributed by atoms with Crippen LogP contribution < -0.4 is 5.56 Å². The van der Waals surface area contributed by atoms with Crippen molar-refractivity contribution in [1.82, 2.24) is 14.5 Å². The molecule has 1 saturated heterocycles. The van der Waals surface area contributed by atoms with E-state index in [0.717, 1.165) is 31.5 Å². The van der Waals surface area contributed by atoms with Crippen LogP contribution in [0, 0.1) is 12.8 Å². The summed E-state index contributed by atoms with van der Waals surface area (Å²) in [6.45, 7) is 2.54. The standard InChI is InChI=1S/C18H20FN3O4S/c1-9-12-15(20-11-5-3-2-4-6-22(11)16(12)23)27-14(9)17(24)21-7-10(8-21)13(19)18(25)26/h10,13H,2-8H2,1H3,(H,25,26). The molecule has 1 atom stereocenters. The Morgan fingerprint density at radius 1 is 1.30 bits per heavy atom. The molecule has 0 aromatic carbocycles. The van der Waals surface area contributed by atoms with Crippen molar-refractivity contribution in [3.8, 4) is 0 Å². The minimum absolute atomic E-state index is 0.0723. The van der Waals surface area contributed by atoms with E-state index in [1.54, 1.807) is 11.5 Å². The van der Waals surface area contributed by atoms with Crippen molar-refractivity contribution >= 4 is 33.4 Å². The third kappa shape index (κ3) is 2.93. The van der Waals surface area contributed by atoms with Crippen molar-refractivity contribution in [2.75, 3.05) is 13.1 Å². The first-order chi connectivity index (χ1) is 12.9. The zero-order valence-electron chi connectivity index (χ0n) is 14.9. The van der Waals surface area contributed by atoms with E-state index in [-0.39, 0.29) is 24.6 Å². The number of halogens is 1. The zero-order chi connectivity index (χ0) is 19.3. The van der Waals surface area contributed by atoms with Crippen molar-refractivity contribution in [3.63, 3.8) is 0 Å².